The van der Waals surface area contributed by atoms with E-state index in [1.54, 1.807) is 30.3 Å². The lowest BCUT2D eigenvalue weighted by Crippen LogP contribution is -2.43. The zero-order valence-corrected chi connectivity index (χ0v) is 22.7. The molecule has 1 atom stereocenters. The Labute approximate surface area is 237 Å². The van der Waals surface area contributed by atoms with Crippen molar-refractivity contribution in [3.05, 3.63) is 48.3 Å². The SMILES string of the molecule is N#C[C@@H]1CC(F)(F)CN1C(=O)CNC(=O)c1ccncc1-c1ccc(OCCNC(=O)C2CCC(CN)CC2)cc1. The van der Waals surface area contributed by atoms with Crippen LogP contribution in [-0.4, -0.2) is 72.4 Å². The van der Waals surface area contributed by atoms with Gasteiger partial charge in [-0.25, -0.2) is 8.78 Å². The fourth-order valence-electron chi connectivity index (χ4n) is 5.25. The number of nitrogens with one attached hydrogen (secondary N) is 2. The molecule has 4 N–H and O–H groups in total. The predicted molar refractivity (Wildman–Crippen MR) is 146 cm³/mol. The first kappa shape index (κ1) is 29.9. The van der Waals surface area contributed by atoms with Crippen LogP contribution in [0.1, 0.15) is 42.5 Å². The lowest BCUT2D eigenvalue weighted by molar-refractivity contribution is -0.131. The Bertz CT molecular complexity index is 1270. The van der Waals surface area contributed by atoms with Gasteiger partial charge in [-0.1, -0.05) is 12.1 Å². The molecule has 0 unspecified atom stereocenters. The van der Waals surface area contributed by atoms with Crippen molar-refractivity contribution in [2.45, 2.75) is 44.1 Å². The number of ether oxygens (including phenoxy) is 1. The Morgan fingerprint density at radius 3 is 2.54 bits per heavy atom. The van der Waals surface area contributed by atoms with Gasteiger partial charge in [-0.15, -0.1) is 0 Å². The summed E-state index contributed by atoms with van der Waals surface area (Å²) >= 11 is 0. The molecule has 1 aliphatic carbocycles. The highest BCUT2D eigenvalue weighted by Gasteiger charge is 2.47. The molecule has 0 bridgehead atoms. The summed E-state index contributed by atoms with van der Waals surface area (Å²) < 4.78 is 33.1. The number of carbonyl (C=O) groups is 3. The smallest absolute Gasteiger partial charge is 0.268 e. The van der Waals surface area contributed by atoms with Crippen molar-refractivity contribution in [1.29, 1.82) is 5.26 Å². The first-order valence-corrected chi connectivity index (χ1v) is 13.7. The molecule has 12 heteroatoms. The molecule has 4 rings (SSSR count). The average Bonchev–Trinajstić information content (AvgIpc) is 3.32. The van der Waals surface area contributed by atoms with Crippen molar-refractivity contribution < 1.29 is 27.9 Å². The number of pyridine rings is 1. The summed E-state index contributed by atoms with van der Waals surface area (Å²) in [7, 11) is 0. The summed E-state index contributed by atoms with van der Waals surface area (Å²) in [5, 5.41) is 14.5. The summed E-state index contributed by atoms with van der Waals surface area (Å²) in [5.74, 6) is -3.29. The van der Waals surface area contributed by atoms with E-state index in [-0.39, 0.29) is 17.4 Å². The van der Waals surface area contributed by atoms with Gasteiger partial charge in [0.1, 0.15) is 18.4 Å². The van der Waals surface area contributed by atoms with Crippen LogP contribution in [0.3, 0.4) is 0 Å². The summed E-state index contributed by atoms with van der Waals surface area (Å²) in [6, 6.07) is 8.96. The molecule has 2 aliphatic rings. The molecule has 41 heavy (non-hydrogen) atoms. The maximum absolute atomic E-state index is 13.7. The number of hydrogen-bond donors (Lipinski definition) is 3. The van der Waals surface area contributed by atoms with Gasteiger partial charge in [0.15, 0.2) is 0 Å². The van der Waals surface area contributed by atoms with Crippen LogP contribution in [0.2, 0.25) is 0 Å². The van der Waals surface area contributed by atoms with Gasteiger partial charge in [0, 0.05) is 30.3 Å². The third kappa shape index (κ3) is 7.76. The minimum absolute atomic E-state index is 0.0283. The maximum Gasteiger partial charge on any atom is 0.268 e. The Morgan fingerprint density at radius 1 is 1.12 bits per heavy atom. The van der Waals surface area contributed by atoms with Gasteiger partial charge >= 0.3 is 0 Å². The minimum atomic E-state index is -3.13. The summed E-state index contributed by atoms with van der Waals surface area (Å²) in [6.07, 6.45) is 5.91. The van der Waals surface area contributed by atoms with Crippen molar-refractivity contribution in [1.82, 2.24) is 20.5 Å². The second kappa shape index (κ2) is 13.5. The Hall–Kier alpha value is -4.11. The third-order valence-corrected chi connectivity index (χ3v) is 7.59. The van der Waals surface area contributed by atoms with E-state index in [1.165, 1.54) is 18.5 Å². The van der Waals surface area contributed by atoms with Crippen LogP contribution >= 0.6 is 0 Å². The molecule has 2 aromatic rings. The normalized spacial score (nSPS) is 21.5. The number of nitriles is 1. The van der Waals surface area contributed by atoms with Crippen LogP contribution < -0.4 is 21.1 Å². The molecule has 1 aliphatic heterocycles. The topological polar surface area (TPSA) is 150 Å². The lowest BCUT2D eigenvalue weighted by atomic mass is 9.81. The van der Waals surface area contributed by atoms with Crippen LogP contribution in [0.5, 0.6) is 5.75 Å². The van der Waals surface area contributed by atoms with Crippen molar-refractivity contribution in [2.24, 2.45) is 17.6 Å². The highest BCUT2D eigenvalue weighted by molar-refractivity contribution is 6.02. The number of benzene rings is 1. The fraction of sp³-hybridized carbons (Fsp3) is 0.483. The van der Waals surface area contributed by atoms with Gasteiger partial charge in [-0.2, -0.15) is 5.26 Å². The van der Waals surface area contributed by atoms with Gasteiger partial charge in [-0.3, -0.25) is 19.4 Å². The fourth-order valence-corrected chi connectivity index (χ4v) is 5.25. The molecule has 1 saturated carbocycles. The molecule has 3 amide bonds. The second-order valence-corrected chi connectivity index (χ2v) is 10.4. The molecule has 1 saturated heterocycles. The molecule has 0 spiro atoms. The zero-order valence-electron chi connectivity index (χ0n) is 22.7. The van der Waals surface area contributed by atoms with Gasteiger partial charge in [-0.05, 0) is 61.9 Å². The largest absolute Gasteiger partial charge is 0.492 e. The number of rotatable bonds is 10. The van der Waals surface area contributed by atoms with Crippen LogP contribution in [0.25, 0.3) is 11.1 Å². The number of amides is 3. The van der Waals surface area contributed by atoms with E-state index in [4.69, 9.17) is 15.7 Å². The maximum atomic E-state index is 13.7. The standard InChI is InChI=1S/C29H34F2N6O4/c30-29(31)13-22(15-33)37(18-29)26(38)17-36-28(40)24-9-10-34-16-25(24)20-5-7-23(8-6-20)41-12-11-35-27(39)21-3-1-19(14-32)2-4-21/h5-10,16,19,21-22H,1-4,11-14,17-18,32H2,(H,35,39)(H,36,40)/t19?,21?,22-/m0/s1. The molecular weight excluding hydrogens is 534 g/mol. The summed E-state index contributed by atoms with van der Waals surface area (Å²) in [5.41, 5.74) is 7.14. The Kier molecular flexibility index (Phi) is 9.83. The minimum Gasteiger partial charge on any atom is -0.492 e. The number of nitrogens with zero attached hydrogens (tertiary/aromatic N) is 3. The van der Waals surface area contributed by atoms with Crippen LogP contribution in [0, 0.1) is 23.2 Å². The molecule has 1 aromatic heterocycles. The molecule has 10 nitrogen and oxygen atoms in total. The van der Waals surface area contributed by atoms with Crippen molar-refractivity contribution in [2.75, 3.05) is 32.8 Å². The average molecular weight is 569 g/mol. The van der Waals surface area contributed by atoms with Crippen LogP contribution in [0.4, 0.5) is 8.78 Å². The van der Waals surface area contributed by atoms with Gasteiger partial charge < -0.3 is 26.0 Å². The Balaban J connectivity index is 1.27. The number of aromatic nitrogens is 1. The van der Waals surface area contributed by atoms with Crippen LogP contribution in [-0.2, 0) is 9.59 Å². The number of alkyl halides is 2. The van der Waals surface area contributed by atoms with E-state index in [0.29, 0.717) is 42.5 Å². The van der Waals surface area contributed by atoms with E-state index in [1.807, 2.05) is 0 Å². The molecule has 218 valence electrons. The van der Waals surface area contributed by atoms with E-state index >= 15 is 0 Å². The number of likely N-dealkylation sites (tertiary alicyclic amines) is 1. The first-order chi connectivity index (χ1) is 19.7. The van der Waals surface area contributed by atoms with Gasteiger partial charge in [0.2, 0.25) is 11.8 Å². The van der Waals surface area contributed by atoms with E-state index in [9.17, 15) is 23.2 Å². The number of hydrogen-bond acceptors (Lipinski definition) is 7. The highest BCUT2D eigenvalue weighted by atomic mass is 19.3. The van der Waals surface area contributed by atoms with E-state index in [2.05, 4.69) is 15.6 Å². The first-order valence-electron chi connectivity index (χ1n) is 13.7. The molecule has 0 radical (unpaired) electrons. The van der Waals surface area contributed by atoms with Gasteiger partial charge in [0.05, 0.1) is 31.3 Å². The van der Waals surface area contributed by atoms with Crippen molar-refractivity contribution in [3.63, 3.8) is 0 Å². The van der Waals surface area contributed by atoms with Gasteiger partial charge in [0.25, 0.3) is 11.8 Å². The van der Waals surface area contributed by atoms with Crippen molar-refractivity contribution in [3.8, 4) is 22.9 Å². The molecule has 2 heterocycles. The van der Waals surface area contributed by atoms with Crippen LogP contribution in [0.15, 0.2) is 42.7 Å². The molecule has 2 fully saturated rings. The number of nitrogens with two attached hydrogens (primary N) is 1. The monoisotopic (exact) mass is 568 g/mol. The Morgan fingerprint density at radius 2 is 1.85 bits per heavy atom. The molecular formula is C29H34F2N6O4. The predicted octanol–water partition coefficient (Wildman–Crippen LogP) is 2.50. The zero-order chi connectivity index (χ0) is 29.4. The highest BCUT2D eigenvalue weighted by Crippen LogP contribution is 2.32. The van der Waals surface area contributed by atoms with Crippen molar-refractivity contribution >= 4 is 17.7 Å². The second-order valence-electron chi connectivity index (χ2n) is 10.4. The van der Waals surface area contributed by atoms with E-state index < -0.39 is 43.3 Å². The molecule has 1 aromatic carbocycles. The van der Waals surface area contributed by atoms with E-state index in [0.717, 1.165) is 30.6 Å². The summed E-state index contributed by atoms with van der Waals surface area (Å²) in [6.45, 7) is -0.0163. The number of carbonyl (C=O) groups excluding carboxylic acids is 3. The summed E-state index contributed by atoms with van der Waals surface area (Å²) in [4.78, 5) is 42.6. The third-order valence-electron chi connectivity index (χ3n) is 7.59. The quantitative estimate of drug-likeness (QED) is 0.373. The lowest BCUT2D eigenvalue weighted by Gasteiger charge is -2.26. The number of halogens is 2.